The first-order valence-electron chi connectivity index (χ1n) is 8.27. The Balaban J connectivity index is 2.53. The van der Waals surface area contributed by atoms with E-state index < -0.39 is 45.9 Å². The summed E-state index contributed by atoms with van der Waals surface area (Å²) in [4.78, 5) is 0. The molecule has 0 atom stereocenters. The summed E-state index contributed by atoms with van der Waals surface area (Å²) < 4.78 is 92.2. The van der Waals surface area contributed by atoms with Gasteiger partial charge in [-0.2, -0.15) is 26.3 Å². The molecule has 2 aromatic carbocycles. The third-order valence-corrected chi connectivity index (χ3v) is 5.23. The molecule has 0 aliphatic heterocycles. The summed E-state index contributed by atoms with van der Waals surface area (Å²) in [6, 6.07) is 4.55. The minimum absolute atomic E-state index is 0.0551. The molecule has 0 heterocycles. The first kappa shape index (κ1) is 26.3. The fourth-order valence-corrected chi connectivity index (χ4v) is 3.52. The van der Waals surface area contributed by atoms with E-state index in [0.29, 0.717) is 16.1 Å². The lowest BCUT2D eigenvalue weighted by Gasteiger charge is -2.31. The van der Waals surface area contributed by atoms with Crippen LogP contribution in [0.25, 0.3) is 5.70 Å². The Morgan fingerprint density at radius 2 is 1.41 bits per heavy atom. The van der Waals surface area contributed by atoms with Crippen molar-refractivity contribution in [3.05, 3.63) is 68.3 Å². The second-order valence-corrected chi connectivity index (χ2v) is 7.62. The molecule has 0 radical (unpaired) electrons. The van der Waals surface area contributed by atoms with Crippen molar-refractivity contribution in [3.8, 4) is 0 Å². The number of aliphatic hydroxyl groups is 1. The molecule has 176 valence electrons. The van der Waals surface area contributed by atoms with E-state index in [-0.39, 0.29) is 22.9 Å². The maximum absolute atomic E-state index is 14.3. The average molecular weight is 527 g/mol. The molecule has 0 bridgehead atoms. The maximum Gasteiger partial charge on any atom is 0.435 e. The summed E-state index contributed by atoms with van der Waals surface area (Å²) >= 11 is 17.5. The van der Waals surface area contributed by atoms with Crippen LogP contribution >= 0.6 is 34.8 Å². The molecule has 4 nitrogen and oxygen atoms in total. The molecule has 0 amide bonds. The lowest BCUT2D eigenvalue weighted by atomic mass is 9.94. The predicted molar refractivity (Wildman–Crippen MR) is 108 cm³/mol. The number of halogens is 10. The van der Waals surface area contributed by atoms with Gasteiger partial charge in [0.05, 0.1) is 28.0 Å². The minimum Gasteiger partial charge on any atom is -0.397 e. The zero-order valence-corrected chi connectivity index (χ0v) is 17.8. The fourth-order valence-electron chi connectivity index (χ4n) is 2.66. The lowest BCUT2D eigenvalue weighted by molar-refractivity contribution is -0.348. The molecular formula is C18H13Cl3F7N3O. The van der Waals surface area contributed by atoms with Crippen LogP contribution < -0.4 is 16.6 Å². The van der Waals surface area contributed by atoms with Gasteiger partial charge in [0.25, 0.3) is 0 Å². The predicted octanol–water partition coefficient (Wildman–Crippen LogP) is 6.07. The highest BCUT2D eigenvalue weighted by Crippen LogP contribution is 2.54. The number of hydrogen-bond donors (Lipinski definition) is 3. The van der Waals surface area contributed by atoms with Gasteiger partial charge in [0.15, 0.2) is 0 Å². The molecule has 0 saturated carbocycles. The van der Waals surface area contributed by atoms with Crippen molar-refractivity contribution in [2.75, 3.05) is 5.01 Å². The van der Waals surface area contributed by atoms with E-state index in [0.717, 1.165) is 6.20 Å². The zero-order chi connectivity index (χ0) is 24.6. The number of anilines is 1. The lowest BCUT2D eigenvalue weighted by Crippen LogP contribution is -2.50. The van der Waals surface area contributed by atoms with Crippen molar-refractivity contribution in [1.82, 2.24) is 0 Å². The number of benzene rings is 2. The molecule has 2 rings (SSSR count). The van der Waals surface area contributed by atoms with E-state index in [9.17, 15) is 35.8 Å². The van der Waals surface area contributed by atoms with Gasteiger partial charge in [0.2, 0.25) is 0 Å². The number of nitrogens with zero attached hydrogens (tertiary/aromatic N) is 1. The molecule has 0 aliphatic rings. The summed E-state index contributed by atoms with van der Waals surface area (Å²) in [6.45, 7) is -0.408. The van der Waals surface area contributed by atoms with E-state index in [4.69, 9.17) is 46.4 Å². The average Bonchev–Trinajstić information content (AvgIpc) is 2.65. The minimum atomic E-state index is -6.34. The monoisotopic (exact) mass is 525 g/mol. The Bertz CT molecular complexity index is 1000. The number of nitrogens with two attached hydrogens (primary N) is 2. The molecule has 0 aromatic heterocycles. The first-order valence-corrected chi connectivity index (χ1v) is 9.40. The van der Waals surface area contributed by atoms with Gasteiger partial charge >= 0.3 is 18.0 Å². The fraction of sp³-hybridized carbons (Fsp3) is 0.222. The van der Waals surface area contributed by atoms with Gasteiger partial charge in [0, 0.05) is 16.8 Å². The molecule has 0 unspecified atom stereocenters. The quantitative estimate of drug-likeness (QED) is 0.251. The van der Waals surface area contributed by atoms with Crippen molar-refractivity contribution in [2.24, 2.45) is 11.6 Å². The highest BCUT2D eigenvalue weighted by molar-refractivity contribution is 6.39. The molecule has 2 aromatic rings. The van der Waals surface area contributed by atoms with Crippen LogP contribution in [0.15, 0.2) is 36.5 Å². The molecule has 0 saturated heterocycles. The smallest absolute Gasteiger partial charge is 0.397 e. The largest absolute Gasteiger partial charge is 0.435 e. The van der Waals surface area contributed by atoms with E-state index >= 15 is 0 Å². The summed E-state index contributed by atoms with van der Waals surface area (Å²) in [5.74, 6) is 5.76. The van der Waals surface area contributed by atoms with E-state index in [1.807, 2.05) is 0 Å². The van der Waals surface area contributed by atoms with Crippen molar-refractivity contribution in [2.45, 2.75) is 24.6 Å². The Labute approximate surface area is 191 Å². The van der Waals surface area contributed by atoms with Gasteiger partial charge in [-0.15, -0.1) is 0 Å². The third kappa shape index (κ3) is 4.86. The summed E-state index contributed by atoms with van der Waals surface area (Å²) in [7, 11) is 0. The van der Waals surface area contributed by atoms with Crippen molar-refractivity contribution >= 4 is 46.2 Å². The van der Waals surface area contributed by atoms with E-state index in [1.165, 1.54) is 18.2 Å². The van der Waals surface area contributed by atoms with Gasteiger partial charge in [-0.05, 0) is 35.4 Å². The van der Waals surface area contributed by atoms with E-state index in [2.05, 4.69) is 0 Å². The molecule has 32 heavy (non-hydrogen) atoms. The van der Waals surface area contributed by atoms with Crippen LogP contribution in [-0.2, 0) is 12.3 Å². The normalized spacial score (nSPS) is 13.4. The molecule has 0 aliphatic carbocycles. The van der Waals surface area contributed by atoms with Gasteiger partial charge < -0.3 is 10.8 Å². The number of rotatable bonds is 5. The molecule has 14 heteroatoms. The zero-order valence-electron chi connectivity index (χ0n) is 15.5. The first-order chi connectivity index (χ1) is 14.5. The van der Waals surface area contributed by atoms with Crippen LogP contribution in [0, 0.1) is 0 Å². The van der Waals surface area contributed by atoms with Crippen LogP contribution in [-0.4, -0.2) is 17.5 Å². The van der Waals surface area contributed by atoms with Crippen molar-refractivity contribution < 1.29 is 35.8 Å². The second-order valence-electron chi connectivity index (χ2n) is 6.40. The van der Waals surface area contributed by atoms with Crippen molar-refractivity contribution in [3.63, 3.8) is 0 Å². The second kappa shape index (κ2) is 9.14. The Morgan fingerprint density at radius 1 is 0.906 bits per heavy atom. The Kier molecular flexibility index (Phi) is 7.52. The van der Waals surface area contributed by atoms with Gasteiger partial charge in [-0.3, -0.25) is 5.01 Å². The Hall–Kier alpha value is -1.92. The summed E-state index contributed by atoms with van der Waals surface area (Å²) in [5.41, 5.74) is -1.56. The summed E-state index contributed by atoms with van der Waals surface area (Å²) in [5, 5.41) is 8.54. The standard InChI is InChI=1S/C18H13Cl3F7N3O/c19-11-2-1-8(3-9(11)7-32)14(29)6-31(30)15-12(20)4-10(5-13(15)21)16(22,17(23,24)25)18(26,27)28/h1-6,32H,7,29-30H2/b14-6-. The topological polar surface area (TPSA) is 75.5 Å². The van der Waals surface area contributed by atoms with Crippen LogP contribution in [0.3, 0.4) is 0 Å². The number of aliphatic hydroxyl groups excluding tert-OH is 1. The number of hydrazine groups is 1. The third-order valence-electron chi connectivity index (χ3n) is 4.28. The van der Waals surface area contributed by atoms with Gasteiger partial charge in [0.1, 0.15) is 0 Å². The van der Waals surface area contributed by atoms with Crippen LogP contribution in [0.5, 0.6) is 0 Å². The highest BCUT2D eigenvalue weighted by atomic mass is 35.5. The van der Waals surface area contributed by atoms with Gasteiger partial charge in [-0.1, -0.05) is 40.9 Å². The molecule has 0 spiro atoms. The summed E-state index contributed by atoms with van der Waals surface area (Å²) in [6.07, 6.45) is -11.7. The number of hydrogen-bond acceptors (Lipinski definition) is 4. The van der Waals surface area contributed by atoms with Gasteiger partial charge in [-0.25, -0.2) is 10.2 Å². The number of alkyl halides is 7. The highest BCUT2D eigenvalue weighted by Gasteiger charge is 2.73. The van der Waals surface area contributed by atoms with Crippen LogP contribution in [0.4, 0.5) is 36.4 Å². The SMILES string of the molecule is N/C(=C\N(N)c1c(Cl)cc(C(F)(C(F)(F)F)C(F)(F)F)cc1Cl)c1ccc(Cl)c(CO)c1. The Morgan fingerprint density at radius 3 is 1.84 bits per heavy atom. The molecule has 0 fully saturated rings. The van der Waals surface area contributed by atoms with Crippen LogP contribution in [0.1, 0.15) is 16.7 Å². The maximum atomic E-state index is 14.3. The van der Waals surface area contributed by atoms with E-state index in [1.54, 1.807) is 0 Å². The van der Waals surface area contributed by atoms with Crippen molar-refractivity contribution in [1.29, 1.82) is 0 Å². The molecule has 5 N–H and O–H groups in total. The molecular weight excluding hydrogens is 514 g/mol. The van der Waals surface area contributed by atoms with Crippen LogP contribution in [0.2, 0.25) is 15.1 Å².